The summed E-state index contributed by atoms with van der Waals surface area (Å²) in [4.78, 5) is 0. The van der Waals surface area contributed by atoms with Gasteiger partial charge in [-0.05, 0) is 18.9 Å². The summed E-state index contributed by atoms with van der Waals surface area (Å²) in [6.07, 6.45) is 1.38. The lowest BCUT2D eigenvalue weighted by Gasteiger charge is -2.12. The highest BCUT2D eigenvalue weighted by Gasteiger charge is 2.43. The van der Waals surface area contributed by atoms with E-state index in [4.69, 9.17) is 10.5 Å². The minimum Gasteiger partial charge on any atom is -0.497 e. The lowest BCUT2D eigenvalue weighted by atomic mass is 10.0. The van der Waals surface area contributed by atoms with Crippen LogP contribution in [-0.2, 0) is 5.54 Å². The summed E-state index contributed by atoms with van der Waals surface area (Å²) < 4.78 is 31.3. The number of halogens is 2. The summed E-state index contributed by atoms with van der Waals surface area (Å²) in [6.45, 7) is 0. The Labute approximate surface area is 80.7 Å². The fourth-order valence-electron chi connectivity index (χ4n) is 1.45. The molecule has 1 aromatic rings. The van der Waals surface area contributed by atoms with Crippen LogP contribution >= 0.6 is 0 Å². The molecule has 0 saturated heterocycles. The minimum atomic E-state index is -0.906. The monoisotopic (exact) mass is 199 g/mol. The third-order valence-corrected chi connectivity index (χ3v) is 2.56. The van der Waals surface area contributed by atoms with Crippen LogP contribution in [0.1, 0.15) is 18.4 Å². The molecule has 1 fully saturated rings. The van der Waals surface area contributed by atoms with Crippen molar-refractivity contribution in [2.24, 2.45) is 5.73 Å². The van der Waals surface area contributed by atoms with E-state index in [9.17, 15) is 8.78 Å². The molecular formula is C10H11F2NO. The quantitative estimate of drug-likeness (QED) is 0.789. The van der Waals surface area contributed by atoms with Crippen LogP contribution in [0.15, 0.2) is 12.1 Å². The summed E-state index contributed by atoms with van der Waals surface area (Å²) in [5, 5.41) is 0. The van der Waals surface area contributed by atoms with Gasteiger partial charge in [0.25, 0.3) is 0 Å². The van der Waals surface area contributed by atoms with Crippen LogP contribution in [0, 0.1) is 11.6 Å². The molecule has 1 aliphatic carbocycles. The Morgan fingerprint density at radius 3 is 2.50 bits per heavy atom. The Balaban J connectivity index is 2.52. The second kappa shape index (κ2) is 2.92. The van der Waals surface area contributed by atoms with Crippen molar-refractivity contribution >= 4 is 0 Å². The van der Waals surface area contributed by atoms with E-state index in [-0.39, 0.29) is 5.56 Å². The average Bonchev–Trinajstić information content (AvgIpc) is 2.89. The van der Waals surface area contributed by atoms with E-state index in [2.05, 4.69) is 0 Å². The Morgan fingerprint density at radius 2 is 2.00 bits per heavy atom. The Morgan fingerprint density at radius 1 is 1.36 bits per heavy atom. The zero-order chi connectivity index (χ0) is 10.3. The molecule has 0 amide bonds. The fraction of sp³-hybridized carbons (Fsp3) is 0.400. The van der Waals surface area contributed by atoms with Crippen LogP contribution in [0.25, 0.3) is 0 Å². The van der Waals surface area contributed by atoms with E-state index in [1.54, 1.807) is 0 Å². The van der Waals surface area contributed by atoms with E-state index in [0.717, 1.165) is 6.07 Å². The van der Waals surface area contributed by atoms with Crippen LogP contribution in [0.5, 0.6) is 5.75 Å². The lowest BCUT2D eigenvalue weighted by Crippen LogP contribution is -2.21. The van der Waals surface area contributed by atoms with Gasteiger partial charge in [0, 0.05) is 17.2 Å². The van der Waals surface area contributed by atoms with Crippen molar-refractivity contribution in [1.29, 1.82) is 0 Å². The molecular weight excluding hydrogens is 188 g/mol. The summed E-state index contributed by atoms with van der Waals surface area (Å²) in [7, 11) is 1.41. The number of methoxy groups -OCH3 is 1. The molecule has 2 rings (SSSR count). The average molecular weight is 199 g/mol. The molecule has 1 aromatic carbocycles. The topological polar surface area (TPSA) is 35.2 Å². The predicted octanol–water partition coefficient (Wildman–Crippen LogP) is 1.92. The van der Waals surface area contributed by atoms with E-state index >= 15 is 0 Å². The number of hydrogen-bond donors (Lipinski definition) is 1. The highest BCUT2D eigenvalue weighted by molar-refractivity contribution is 5.38. The first-order valence-electron chi connectivity index (χ1n) is 4.39. The van der Waals surface area contributed by atoms with Gasteiger partial charge in [-0.1, -0.05) is 0 Å². The number of benzene rings is 1. The SMILES string of the molecule is COc1cc(F)c(F)c(C2(N)CC2)c1. The molecule has 0 bridgehead atoms. The first kappa shape index (κ1) is 9.40. The minimum absolute atomic E-state index is 0.217. The molecule has 0 atom stereocenters. The van der Waals surface area contributed by atoms with Crippen molar-refractivity contribution in [1.82, 2.24) is 0 Å². The van der Waals surface area contributed by atoms with Crippen LogP contribution in [0.4, 0.5) is 8.78 Å². The van der Waals surface area contributed by atoms with Crippen molar-refractivity contribution < 1.29 is 13.5 Å². The lowest BCUT2D eigenvalue weighted by molar-refractivity contribution is 0.402. The molecule has 1 aliphatic rings. The smallest absolute Gasteiger partial charge is 0.164 e. The van der Waals surface area contributed by atoms with Gasteiger partial charge in [-0.3, -0.25) is 0 Å². The molecule has 1 saturated carbocycles. The number of ether oxygens (including phenoxy) is 1. The Hall–Kier alpha value is -1.16. The molecule has 0 aliphatic heterocycles. The van der Waals surface area contributed by atoms with Gasteiger partial charge in [0.1, 0.15) is 5.75 Å². The van der Waals surface area contributed by atoms with E-state index < -0.39 is 17.2 Å². The summed E-state index contributed by atoms with van der Waals surface area (Å²) >= 11 is 0. The van der Waals surface area contributed by atoms with Gasteiger partial charge in [-0.2, -0.15) is 0 Å². The van der Waals surface area contributed by atoms with Crippen LogP contribution < -0.4 is 10.5 Å². The maximum atomic E-state index is 13.3. The highest BCUT2D eigenvalue weighted by Crippen LogP contribution is 2.45. The maximum absolute atomic E-state index is 13.3. The summed E-state index contributed by atoms with van der Waals surface area (Å²) in [5.41, 5.74) is 5.33. The molecule has 0 radical (unpaired) electrons. The van der Waals surface area contributed by atoms with Gasteiger partial charge < -0.3 is 10.5 Å². The zero-order valence-electron chi connectivity index (χ0n) is 7.81. The van der Waals surface area contributed by atoms with E-state index in [1.165, 1.54) is 13.2 Å². The van der Waals surface area contributed by atoms with Crippen LogP contribution in [0.2, 0.25) is 0 Å². The van der Waals surface area contributed by atoms with Gasteiger partial charge in [0.2, 0.25) is 0 Å². The normalized spacial score (nSPS) is 18.0. The largest absolute Gasteiger partial charge is 0.497 e. The number of hydrogen-bond acceptors (Lipinski definition) is 2. The number of rotatable bonds is 2. The van der Waals surface area contributed by atoms with Gasteiger partial charge in [0.05, 0.1) is 7.11 Å². The molecule has 0 heterocycles. The van der Waals surface area contributed by atoms with Crippen molar-refractivity contribution in [3.63, 3.8) is 0 Å². The van der Waals surface area contributed by atoms with Crippen molar-refractivity contribution in [3.8, 4) is 5.75 Å². The van der Waals surface area contributed by atoms with Crippen molar-refractivity contribution in [3.05, 3.63) is 29.3 Å². The summed E-state index contributed by atoms with van der Waals surface area (Å²) in [5.74, 6) is -1.46. The molecule has 0 unspecified atom stereocenters. The Kier molecular flexibility index (Phi) is 1.96. The number of nitrogens with two attached hydrogens (primary N) is 1. The maximum Gasteiger partial charge on any atom is 0.164 e. The predicted molar refractivity (Wildman–Crippen MR) is 48.0 cm³/mol. The third-order valence-electron chi connectivity index (χ3n) is 2.56. The van der Waals surface area contributed by atoms with Crippen molar-refractivity contribution in [2.45, 2.75) is 18.4 Å². The molecule has 14 heavy (non-hydrogen) atoms. The molecule has 76 valence electrons. The van der Waals surface area contributed by atoms with E-state index in [1.807, 2.05) is 0 Å². The second-order valence-electron chi connectivity index (χ2n) is 3.63. The second-order valence-corrected chi connectivity index (χ2v) is 3.63. The molecule has 2 nitrogen and oxygen atoms in total. The van der Waals surface area contributed by atoms with Gasteiger partial charge in [-0.15, -0.1) is 0 Å². The van der Waals surface area contributed by atoms with E-state index in [0.29, 0.717) is 18.6 Å². The first-order chi connectivity index (χ1) is 6.57. The molecule has 2 N–H and O–H groups in total. The van der Waals surface area contributed by atoms with Gasteiger partial charge in [-0.25, -0.2) is 8.78 Å². The van der Waals surface area contributed by atoms with Crippen molar-refractivity contribution in [2.75, 3.05) is 7.11 Å². The van der Waals surface area contributed by atoms with Crippen LogP contribution in [-0.4, -0.2) is 7.11 Å². The standard InChI is InChI=1S/C10H11F2NO/c1-14-6-4-7(10(13)2-3-10)9(12)8(11)5-6/h4-5H,2-3,13H2,1H3. The zero-order valence-corrected chi connectivity index (χ0v) is 7.81. The highest BCUT2D eigenvalue weighted by atomic mass is 19.2. The first-order valence-corrected chi connectivity index (χ1v) is 4.39. The Bertz CT molecular complexity index is 375. The molecule has 0 spiro atoms. The molecule has 0 aromatic heterocycles. The van der Waals surface area contributed by atoms with Gasteiger partial charge >= 0.3 is 0 Å². The van der Waals surface area contributed by atoms with Gasteiger partial charge in [0.15, 0.2) is 11.6 Å². The fourth-order valence-corrected chi connectivity index (χ4v) is 1.45. The summed E-state index contributed by atoms with van der Waals surface area (Å²) in [6, 6.07) is 2.48. The molecule has 4 heteroatoms. The van der Waals surface area contributed by atoms with Crippen LogP contribution in [0.3, 0.4) is 0 Å². The third kappa shape index (κ3) is 1.35.